The predicted molar refractivity (Wildman–Crippen MR) is 86.7 cm³/mol. The number of primary amides is 1. The lowest BCUT2D eigenvalue weighted by molar-refractivity contribution is -0.166. The van der Waals surface area contributed by atoms with Crippen LogP contribution in [0.25, 0.3) is 0 Å². The third kappa shape index (κ3) is 9.81. The van der Waals surface area contributed by atoms with Crippen molar-refractivity contribution in [3.63, 3.8) is 0 Å². The van der Waals surface area contributed by atoms with E-state index in [4.69, 9.17) is 10.5 Å². The van der Waals surface area contributed by atoms with E-state index in [1.165, 1.54) is 6.92 Å². The number of hydrogen-bond acceptors (Lipinski definition) is 6. The van der Waals surface area contributed by atoms with Crippen molar-refractivity contribution < 1.29 is 28.7 Å². The lowest BCUT2D eigenvalue weighted by Gasteiger charge is -2.18. The molecule has 0 aliphatic heterocycles. The molecule has 0 aromatic heterocycles. The minimum atomic E-state index is -1.21. The highest BCUT2D eigenvalue weighted by molar-refractivity contribution is 5.90. The van der Waals surface area contributed by atoms with Crippen LogP contribution in [0.1, 0.15) is 58.8 Å². The number of unbranched alkanes of at least 4 members (excludes halogenated alkanes) is 4. The Morgan fingerprint density at radius 3 is 2.21 bits per heavy atom. The van der Waals surface area contributed by atoms with E-state index in [-0.39, 0.29) is 12.3 Å². The van der Waals surface area contributed by atoms with E-state index in [9.17, 15) is 19.2 Å². The molecule has 0 aliphatic rings. The average Bonchev–Trinajstić information content (AvgIpc) is 2.52. The molecule has 0 rings (SSSR count). The van der Waals surface area contributed by atoms with Gasteiger partial charge in [0.25, 0.3) is 0 Å². The van der Waals surface area contributed by atoms with Gasteiger partial charge < -0.3 is 20.5 Å². The minimum Gasteiger partial charge on any atom is -0.466 e. The summed E-state index contributed by atoms with van der Waals surface area (Å²) in [5.41, 5.74) is 5.09. The molecule has 0 bridgehead atoms. The van der Waals surface area contributed by atoms with E-state index in [0.29, 0.717) is 6.42 Å². The summed E-state index contributed by atoms with van der Waals surface area (Å²) in [7, 11) is 1.16. The van der Waals surface area contributed by atoms with Gasteiger partial charge in [-0.1, -0.05) is 32.6 Å². The average molecular weight is 344 g/mol. The van der Waals surface area contributed by atoms with E-state index in [1.54, 1.807) is 0 Å². The number of hydrogen-bond donors (Lipinski definition) is 2. The van der Waals surface area contributed by atoms with Crippen LogP contribution in [0.15, 0.2) is 0 Å². The molecule has 0 aromatic rings. The Hall–Kier alpha value is -2.12. The summed E-state index contributed by atoms with van der Waals surface area (Å²) >= 11 is 0. The van der Waals surface area contributed by atoms with Crippen molar-refractivity contribution >= 4 is 23.8 Å². The highest BCUT2D eigenvalue weighted by Gasteiger charge is 2.28. The van der Waals surface area contributed by atoms with E-state index in [0.717, 1.165) is 32.8 Å². The molecular formula is C16H28N2O6. The summed E-state index contributed by atoms with van der Waals surface area (Å²) in [6.45, 7) is 3.43. The van der Waals surface area contributed by atoms with Crippen LogP contribution in [0, 0.1) is 0 Å². The number of ether oxygens (including phenoxy) is 2. The molecule has 0 spiro atoms. The first-order chi connectivity index (χ1) is 11.3. The minimum absolute atomic E-state index is 0.249. The maximum atomic E-state index is 12.0. The van der Waals surface area contributed by atoms with Crippen LogP contribution >= 0.6 is 0 Å². The van der Waals surface area contributed by atoms with Crippen molar-refractivity contribution in [2.45, 2.75) is 70.9 Å². The fourth-order valence-electron chi connectivity index (χ4n) is 2.02. The summed E-state index contributed by atoms with van der Waals surface area (Å²) in [4.78, 5) is 46.2. The first-order valence-corrected chi connectivity index (χ1v) is 8.17. The molecule has 138 valence electrons. The van der Waals surface area contributed by atoms with Gasteiger partial charge in [0.1, 0.15) is 6.04 Å². The van der Waals surface area contributed by atoms with Crippen LogP contribution < -0.4 is 11.1 Å². The SMILES string of the molecule is CCCCCCCC(=O)N[C@H](CC(N)=O)C(=O)O[C@@H](C)C(=O)OC. The fraction of sp³-hybridized carbons (Fsp3) is 0.750. The second-order valence-electron chi connectivity index (χ2n) is 5.56. The summed E-state index contributed by atoms with van der Waals surface area (Å²) in [6, 6.07) is -1.21. The number of nitrogens with two attached hydrogens (primary N) is 1. The lowest BCUT2D eigenvalue weighted by atomic mass is 10.1. The van der Waals surface area contributed by atoms with Crippen LogP contribution in [0.2, 0.25) is 0 Å². The molecule has 2 amide bonds. The predicted octanol–water partition coefficient (Wildman–Crippen LogP) is 0.812. The van der Waals surface area contributed by atoms with Gasteiger partial charge in [0, 0.05) is 6.42 Å². The van der Waals surface area contributed by atoms with Gasteiger partial charge in [0.2, 0.25) is 11.8 Å². The quantitative estimate of drug-likeness (QED) is 0.399. The zero-order valence-electron chi connectivity index (χ0n) is 14.6. The Morgan fingerprint density at radius 1 is 1.04 bits per heavy atom. The van der Waals surface area contributed by atoms with Crippen LogP contribution in [-0.4, -0.2) is 43.0 Å². The normalized spacial score (nSPS) is 12.8. The fourth-order valence-corrected chi connectivity index (χ4v) is 2.02. The Morgan fingerprint density at radius 2 is 1.67 bits per heavy atom. The standard InChI is InChI=1S/C16H28N2O6/c1-4-5-6-7-8-9-14(20)18-12(10-13(17)19)16(22)24-11(2)15(21)23-3/h11-12H,4-10H2,1-3H3,(H2,17,19)(H,18,20)/t11-,12+/m0/s1. The molecular weight excluding hydrogens is 316 g/mol. The van der Waals surface area contributed by atoms with Crippen LogP contribution in [0.5, 0.6) is 0 Å². The Balaban J connectivity index is 4.48. The number of nitrogens with one attached hydrogen (secondary N) is 1. The Labute approximate surface area is 142 Å². The highest BCUT2D eigenvalue weighted by Crippen LogP contribution is 2.06. The molecule has 0 aliphatic carbocycles. The van der Waals surface area contributed by atoms with Crippen LogP contribution in [0.3, 0.4) is 0 Å². The Kier molecular flexibility index (Phi) is 11.2. The van der Waals surface area contributed by atoms with Crippen molar-refractivity contribution in [3.05, 3.63) is 0 Å². The van der Waals surface area contributed by atoms with Crippen molar-refractivity contribution in [3.8, 4) is 0 Å². The van der Waals surface area contributed by atoms with Gasteiger partial charge in [-0.3, -0.25) is 9.59 Å². The van der Waals surface area contributed by atoms with Gasteiger partial charge in [-0.25, -0.2) is 9.59 Å². The van der Waals surface area contributed by atoms with Crippen LogP contribution in [0.4, 0.5) is 0 Å². The maximum absolute atomic E-state index is 12.0. The van der Waals surface area contributed by atoms with Crippen molar-refractivity contribution in [1.29, 1.82) is 0 Å². The second-order valence-corrected chi connectivity index (χ2v) is 5.56. The van der Waals surface area contributed by atoms with Crippen LogP contribution in [-0.2, 0) is 28.7 Å². The number of carbonyl (C=O) groups is 4. The van der Waals surface area contributed by atoms with Gasteiger partial charge in [-0.2, -0.15) is 0 Å². The molecule has 24 heavy (non-hydrogen) atoms. The molecule has 0 radical (unpaired) electrons. The number of carbonyl (C=O) groups excluding carboxylic acids is 4. The molecule has 0 heterocycles. The third-order valence-electron chi connectivity index (χ3n) is 3.36. The monoisotopic (exact) mass is 344 g/mol. The van der Waals surface area contributed by atoms with E-state index >= 15 is 0 Å². The molecule has 0 fully saturated rings. The first-order valence-electron chi connectivity index (χ1n) is 8.17. The number of methoxy groups -OCH3 is 1. The van der Waals surface area contributed by atoms with Crippen molar-refractivity contribution in [1.82, 2.24) is 5.32 Å². The van der Waals surface area contributed by atoms with Gasteiger partial charge in [0.15, 0.2) is 6.10 Å². The van der Waals surface area contributed by atoms with E-state index in [1.807, 2.05) is 0 Å². The largest absolute Gasteiger partial charge is 0.466 e. The van der Waals surface area contributed by atoms with Gasteiger partial charge >= 0.3 is 11.9 Å². The summed E-state index contributed by atoms with van der Waals surface area (Å²) in [6.07, 6.45) is 3.61. The molecule has 3 N–H and O–H groups in total. The highest BCUT2D eigenvalue weighted by atomic mass is 16.6. The first kappa shape index (κ1) is 21.9. The smallest absolute Gasteiger partial charge is 0.346 e. The van der Waals surface area contributed by atoms with Gasteiger partial charge in [-0.15, -0.1) is 0 Å². The molecule has 0 saturated carbocycles. The Bertz CT molecular complexity index is 438. The number of rotatable bonds is 12. The molecule has 0 saturated heterocycles. The number of amides is 2. The third-order valence-corrected chi connectivity index (χ3v) is 3.36. The second kappa shape index (κ2) is 12.3. The summed E-state index contributed by atoms with van der Waals surface area (Å²) in [5, 5.41) is 2.43. The van der Waals surface area contributed by atoms with Gasteiger partial charge in [0.05, 0.1) is 13.5 Å². The van der Waals surface area contributed by atoms with Crippen molar-refractivity contribution in [2.24, 2.45) is 5.73 Å². The molecule has 8 heteroatoms. The zero-order chi connectivity index (χ0) is 18.5. The zero-order valence-corrected chi connectivity index (χ0v) is 14.6. The lowest BCUT2D eigenvalue weighted by Crippen LogP contribution is -2.45. The summed E-state index contributed by atoms with van der Waals surface area (Å²) < 4.78 is 9.33. The van der Waals surface area contributed by atoms with E-state index < -0.39 is 36.4 Å². The van der Waals surface area contributed by atoms with Crippen molar-refractivity contribution in [2.75, 3.05) is 7.11 Å². The molecule has 8 nitrogen and oxygen atoms in total. The summed E-state index contributed by atoms with van der Waals surface area (Å²) in [5.74, 6) is -2.75. The maximum Gasteiger partial charge on any atom is 0.346 e. The molecule has 2 atom stereocenters. The molecule has 0 aromatic carbocycles. The molecule has 0 unspecified atom stereocenters. The number of esters is 2. The van der Waals surface area contributed by atoms with Gasteiger partial charge in [-0.05, 0) is 13.3 Å². The topological polar surface area (TPSA) is 125 Å². The van der Waals surface area contributed by atoms with E-state index in [2.05, 4.69) is 17.0 Å².